The van der Waals surface area contributed by atoms with E-state index < -0.39 is 0 Å². The van der Waals surface area contributed by atoms with E-state index in [1.54, 1.807) is 0 Å². The minimum absolute atomic E-state index is 0.688. The lowest BCUT2D eigenvalue weighted by molar-refractivity contribution is 0.795. The maximum Gasteiger partial charge on any atom is 0.110 e. The molecule has 80 valence electrons. The summed E-state index contributed by atoms with van der Waals surface area (Å²) in [4.78, 5) is 3.13. The highest BCUT2D eigenvalue weighted by molar-refractivity contribution is 6.37. The second-order valence-corrected chi connectivity index (χ2v) is 4.22. The van der Waals surface area contributed by atoms with Gasteiger partial charge in [-0.1, -0.05) is 29.3 Å². The van der Waals surface area contributed by atoms with Gasteiger partial charge in [-0.15, -0.1) is 0 Å². The van der Waals surface area contributed by atoms with Crippen molar-refractivity contribution in [2.24, 2.45) is 0 Å². The zero-order valence-electron chi connectivity index (χ0n) is 8.40. The highest BCUT2D eigenvalue weighted by atomic mass is 35.5. The summed E-state index contributed by atoms with van der Waals surface area (Å²) in [6.07, 6.45) is 0.874. The first kappa shape index (κ1) is 10.8. The SMILES string of the molecule is CNCCc1c(Cl)[nH]c2cccc(Cl)c12. The molecule has 4 heteroatoms. The number of H-pyrrole nitrogens is 1. The van der Waals surface area contributed by atoms with Gasteiger partial charge in [0.15, 0.2) is 0 Å². The van der Waals surface area contributed by atoms with Crippen LogP contribution in [-0.2, 0) is 6.42 Å². The van der Waals surface area contributed by atoms with E-state index in [9.17, 15) is 0 Å². The van der Waals surface area contributed by atoms with Gasteiger partial charge in [0.25, 0.3) is 0 Å². The Morgan fingerprint density at radius 1 is 1.33 bits per heavy atom. The second kappa shape index (κ2) is 4.44. The summed E-state index contributed by atoms with van der Waals surface area (Å²) < 4.78 is 0. The Morgan fingerprint density at radius 2 is 2.13 bits per heavy atom. The van der Waals surface area contributed by atoms with E-state index in [2.05, 4.69) is 10.3 Å². The topological polar surface area (TPSA) is 27.8 Å². The molecule has 0 fully saturated rings. The van der Waals surface area contributed by atoms with E-state index in [0.29, 0.717) is 5.15 Å². The average Bonchev–Trinajstić information content (AvgIpc) is 2.53. The number of likely N-dealkylation sites (N-methyl/N-ethyl adjacent to an activating group) is 1. The molecule has 2 N–H and O–H groups in total. The van der Waals surface area contributed by atoms with Crippen molar-refractivity contribution in [2.45, 2.75) is 6.42 Å². The molecule has 0 unspecified atom stereocenters. The van der Waals surface area contributed by atoms with Crippen molar-refractivity contribution >= 4 is 34.1 Å². The Kier molecular flexibility index (Phi) is 3.19. The summed E-state index contributed by atoms with van der Waals surface area (Å²) in [5.41, 5.74) is 2.09. The summed E-state index contributed by atoms with van der Waals surface area (Å²) in [5, 5.41) is 5.58. The zero-order chi connectivity index (χ0) is 10.8. The third kappa shape index (κ3) is 1.98. The van der Waals surface area contributed by atoms with Crippen LogP contribution in [0.3, 0.4) is 0 Å². The lowest BCUT2D eigenvalue weighted by atomic mass is 10.1. The van der Waals surface area contributed by atoms with Crippen LogP contribution in [0.1, 0.15) is 5.56 Å². The van der Waals surface area contributed by atoms with Crippen molar-refractivity contribution in [2.75, 3.05) is 13.6 Å². The Bertz CT molecular complexity index is 477. The quantitative estimate of drug-likeness (QED) is 0.850. The van der Waals surface area contributed by atoms with Crippen LogP contribution in [0.15, 0.2) is 18.2 Å². The van der Waals surface area contributed by atoms with Crippen molar-refractivity contribution in [3.05, 3.63) is 33.9 Å². The smallest absolute Gasteiger partial charge is 0.110 e. The number of aromatic amines is 1. The summed E-state index contributed by atoms with van der Waals surface area (Å²) in [6, 6.07) is 5.78. The Hall–Kier alpha value is -0.700. The third-order valence-corrected chi connectivity index (χ3v) is 3.09. The molecule has 0 saturated heterocycles. The van der Waals surface area contributed by atoms with Crippen molar-refractivity contribution < 1.29 is 0 Å². The summed E-state index contributed by atoms with van der Waals surface area (Å²) in [5.74, 6) is 0. The lowest BCUT2D eigenvalue weighted by Crippen LogP contribution is -2.10. The minimum atomic E-state index is 0.688. The Labute approximate surface area is 98.6 Å². The fourth-order valence-corrected chi connectivity index (χ4v) is 2.30. The van der Waals surface area contributed by atoms with Gasteiger partial charge in [0, 0.05) is 10.9 Å². The molecule has 2 rings (SSSR count). The van der Waals surface area contributed by atoms with Crippen LogP contribution in [0.25, 0.3) is 10.9 Å². The second-order valence-electron chi connectivity index (χ2n) is 3.43. The molecule has 1 aromatic heterocycles. The molecule has 0 amide bonds. The van der Waals surface area contributed by atoms with Crippen LogP contribution < -0.4 is 5.32 Å². The number of hydrogen-bond donors (Lipinski definition) is 2. The molecule has 0 aliphatic heterocycles. The van der Waals surface area contributed by atoms with E-state index >= 15 is 0 Å². The van der Waals surface area contributed by atoms with Crippen LogP contribution in [0, 0.1) is 0 Å². The third-order valence-electron chi connectivity index (χ3n) is 2.45. The molecule has 2 nitrogen and oxygen atoms in total. The summed E-state index contributed by atoms with van der Waals surface area (Å²) in [6.45, 7) is 0.887. The highest BCUT2D eigenvalue weighted by Gasteiger charge is 2.11. The lowest BCUT2D eigenvalue weighted by Gasteiger charge is -2.01. The maximum atomic E-state index is 6.16. The van der Waals surface area contributed by atoms with Gasteiger partial charge in [0.1, 0.15) is 5.15 Å². The first-order valence-corrected chi connectivity index (χ1v) is 5.59. The Balaban J connectivity index is 2.55. The summed E-state index contributed by atoms with van der Waals surface area (Å²) in [7, 11) is 1.92. The van der Waals surface area contributed by atoms with Crippen molar-refractivity contribution in [3.63, 3.8) is 0 Å². The molecular weight excluding hydrogens is 231 g/mol. The average molecular weight is 243 g/mol. The predicted molar refractivity (Wildman–Crippen MR) is 65.9 cm³/mol. The monoisotopic (exact) mass is 242 g/mol. The predicted octanol–water partition coefficient (Wildman–Crippen LogP) is 3.24. The minimum Gasteiger partial charge on any atom is -0.345 e. The van der Waals surface area contributed by atoms with Crippen molar-refractivity contribution in [1.29, 1.82) is 0 Å². The van der Waals surface area contributed by atoms with Gasteiger partial charge in [-0.05, 0) is 37.7 Å². The molecule has 0 spiro atoms. The van der Waals surface area contributed by atoms with E-state index in [0.717, 1.165) is 34.5 Å². The standard InChI is InChI=1S/C11H12Cl2N2/c1-14-6-5-7-10-8(12)3-2-4-9(10)15-11(7)13/h2-4,14-15H,5-6H2,1H3. The molecule has 0 radical (unpaired) electrons. The molecule has 1 heterocycles. The number of benzene rings is 1. The van der Waals surface area contributed by atoms with Crippen LogP contribution in [0.2, 0.25) is 10.2 Å². The molecule has 2 aromatic rings. The molecular formula is C11H12Cl2N2. The van der Waals surface area contributed by atoms with Crippen molar-refractivity contribution in [3.8, 4) is 0 Å². The molecule has 15 heavy (non-hydrogen) atoms. The van der Waals surface area contributed by atoms with Gasteiger partial charge in [-0.3, -0.25) is 0 Å². The molecule has 0 atom stereocenters. The maximum absolute atomic E-state index is 6.16. The van der Waals surface area contributed by atoms with E-state index in [1.807, 2.05) is 25.2 Å². The van der Waals surface area contributed by atoms with E-state index in [1.165, 1.54) is 0 Å². The summed E-state index contributed by atoms with van der Waals surface area (Å²) >= 11 is 12.3. The van der Waals surface area contributed by atoms with Gasteiger partial charge in [-0.2, -0.15) is 0 Å². The fourth-order valence-electron chi connectivity index (χ4n) is 1.72. The van der Waals surface area contributed by atoms with Crippen molar-refractivity contribution in [1.82, 2.24) is 10.3 Å². The molecule has 0 saturated carbocycles. The van der Waals surface area contributed by atoms with Gasteiger partial charge >= 0.3 is 0 Å². The van der Waals surface area contributed by atoms with E-state index in [4.69, 9.17) is 23.2 Å². The number of rotatable bonds is 3. The normalized spacial score (nSPS) is 11.1. The number of nitrogens with one attached hydrogen (secondary N) is 2. The molecule has 0 bridgehead atoms. The van der Waals surface area contributed by atoms with Gasteiger partial charge in [0.2, 0.25) is 0 Å². The van der Waals surface area contributed by atoms with Gasteiger partial charge in [-0.25, -0.2) is 0 Å². The van der Waals surface area contributed by atoms with Gasteiger partial charge in [0.05, 0.1) is 5.02 Å². The van der Waals surface area contributed by atoms with Crippen LogP contribution in [-0.4, -0.2) is 18.6 Å². The molecule has 0 aliphatic carbocycles. The zero-order valence-corrected chi connectivity index (χ0v) is 9.91. The first-order chi connectivity index (χ1) is 7.24. The largest absolute Gasteiger partial charge is 0.345 e. The number of halogens is 2. The van der Waals surface area contributed by atoms with Crippen LogP contribution in [0.5, 0.6) is 0 Å². The van der Waals surface area contributed by atoms with Crippen LogP contribution >= 0.6 is 23.2 Å². The first-order valence-electron chi connectivity index (χ1n) is 4.83. The highest BCUT2D eigenvalue weighted by Crippen LogP contribution is 2.31. The molecule has 1 aromatic carbocycles. The number of fused-ring (bicyclic) bond motifs is 1. The number of hydrogen-bond acceptors (Lipinski definition) is 1. The van der Waals surface area contributed by atoms with E-state index in [-0.39, 0.29) is 0 Å². The fraction of sp³-hybridized carbons (Fsp3) is 0.273. The van der Waals surface area contributed by atoms with Gasteiger partial charge < -0.3 is 10.3 Å². The van der Waals surface area contributed by atoms with Crippen LogP contribution in [0.4, 0.5) is 0 Å². The Morgan fingerprint density at radius 3 is 2.87 bits per heavy atom. The number of aromatic nitrogens is 1. The molecule has 0 aliphatic rings.